The summed E-state index contributed by atoms with van der Waals surface area (Å²) in [6.07, 6.45) is 4.73. The van der Waals surface area contributed by atoms with Crippen LogP contribution in [-0.2, 0) is 13.1 Å². The molecule has 3 aromatic rings. The Morgan fingerprint density at radius 3 is 2.62 bits per heavy atom. The lowest BCUT2D eigenvalue weighted by Gasteiger charge is -2.08. The zero-order valence-electron chi connectivity index (χ0n) is 15.2. The maximum Gasteiger partial charge on any atom is 0.260 e. The summed E-state index contributed by atoms with van der Waals surface area (Å²) in [7, 11) is 0. The number of carbonyl (C=O) groups excluding carboxylic acids is 1. The molecule has 1 aromatic carbocycles. The van der Waals surface area contributed by atoms with Crippen molar-refractivity contribution >= 4 is 39.1 Å². The van der Waals surface area contributed by atoms with Crippen LogP contribution in [0.5, 0.6) is 0 Å². The number of hydrogen-bond acceptors (Lipinski definition) is 4. The average molecular weight is 387 g/mol. The Labute approximate surface area is 161 Å². The molecular weight excluding hydrogens is 364 g/mol. The van der Waals surface area contributed by atoms with Gasteiger partial charge in [-0.2, -0.15) is 0 Å². The summed E-state index contributed by atoms with van der Waals surface area (Å²) in [4.78, 5) is 27.7. The molecule has 0 saturated heterocycles. The molecule has 0 spiro atoms. The van der Waals surface area contributed by atoms with E-state index in [1.165, 1.54) is 16.2 Å². The predicted octanol–water partition coefficient (Wildman–Crippen LogP) is 4.43. The Bertz CT molecular complexity index is 987. The van der Waals surface area contributed by atoms with E-state index in [1.54, 1.807) is 16.3 Å². The summed E-state index contributed by atoms with van der Waals surface area (Å²) in [5.74, 6) is -0.186. The van der Waals surface area contributed by atoms with Crippen LogP contribution in [0.3, 0.4) is 0 Å². The number of carbonyl (C=O) groups is 1. The number of nitrogens with one attached hydrogen (secondary N) is 1. The maximum absolute atomic E-state index is 12.8. The standard InChI is InChI=1S/C20H22N2O2S2/c1-4-10-22-11-9-16-18(20(22)24)17(13(2)26-16)19(23)21-12-14-5-7-15(25-3)8-6-14/h5-9,11H,4,10,12H2,1-3H3,(H,21,23). The van der Waals surface area contributed by atoms with Gasteiger partial charge in [0.1, 0.15) is 0 Å². The molecule has 1 amide bonds. The van der Waals surface area contributed by atoms with Crippen LogP contribution >= 0.6 is 23.1 Å². The van der Waals surface area contributed by atoms with Gasteiger partial charge in [-0.3, -0.25) is 9.59 Å². The molecule has 2 aromatic heterocycles. The van der Waals surface area contributed by atoms with Gasteiger partial charge in [0.25, 0.3) is 11.5 Å². The SMILES string of the molecule is CCCn1ccc2sc(C)c(C(=O)NCc3ccc(SC)cc3)c2c1=O. The van der Waals surface area contributed by atoms with E-state index in [0.717, 1.165) is 21.6 Å². The average Bonchev–Trinajstić information content (AvgIpc) is 2.99. The molecule has 0 atom stereocenters. The molecule has 3 rings (SSSR count). The number of hydrogen-bond donors (Lipinski definition) is 1. The van der Waals surface area contributed by atoms with Crippen LogP contribution in [0.25, 0.3) is 10.1 Å². The van der Waals surface area contributed by atoms with Crippen molar-refractivity contribution in [2.75, 3.05) is 6.26 Å². The minimum absolute atomic E-state index is 0.0804. The number of pyridine rings is 1. The number of amides is 1. The first kappa shape index (κ1) is 18.7. The lowest BCUT2D eigenvalue weighted by atomic mass is 10.1. The fourth-order valence-corrected chi connectivity index (χ4v) is 4.42. The van der Waals surface area contributed by atoms with Crippen LogP contribution in [0, 0.1) is 6.92 Å². The number of thioether (sulfide) groups is 1. The molecule has 136 valence electrons. The van der Waals surface area contributed by atoms with Crippen LogP contribution in [0.1, 0.15) is 34.1 Å². The van der Waals surface area contributed by atoms with Crippen molar-refractivity contribution in [3.63, 3.8) is 0 Å². The molecule has 0 aliphatic rings. The largest absolute Gasteiger partial charge is 0.348 e. The Kier molecular flexibility index (Phi) is 5.84. The van der Waals surface area contributed by atoms with Gasteiger partial charge in [0.2, 0.25) is 0 Å². The molecule has 0 radical (unpaired) electrons. The third kappa shape index (κ3) is 3.71. The Hall–Kier alpha value is -2.05. The highest BCUT2D eigenvalue weighted by molar-refractivity contribution is 7.98. The maximum atomic E-state index is 12.8. The quantitative estimate of drug-likeness (QED) is 0.638. The Morgan fingerprint density at radius 1 is 1.23 bits per heavy atom. The van der Waals surface area contributed by atoms with Gasteiger partial charge >= 0.3 is 0 Å². The number of aromatic nitrogens is 1. The molecule has 0 aliphatic carbocycles. The summed E-state index contributed by atoms with van der Waals surface area (Å²) in [6.45, 7) is 5.04. The van der Waals surface area contributed by atoms with E-state index in [-0.39, 0.29) is 11.5 Å². The summed E-state index contributed by atoms with van der Waals surface area (Å²) >= 11 is 3.18. The van der Waals surface area contributed by atoms with Gasteiger partial charge in [-0.25, -0.2) is 0 Å². The molecular formula is C20H22N2O2S2. The number of aryl methyl sites for hydroxylation is 2. The second-order valence-corrected chi connectivity index (χ2v) is 8.25. The highest BCUT2D eigenvalue weighted by atomic mass is 32.2. The summed E-state index contributed by atoms with van der Waals surface area (Å²) in [5.41, 5.74) is 1.47. The normalized spacial score (nSPS) is 11.0. The van der Waals surface area contributed by atoms with Crippen LogP contribution in [-0.4, -0.2) is 16.7 Å². The molecule has 0 saturated carbocycles. The first-order valence-electron chi connectivity index (χ1n) is 8.58. The van der Waals surface area contributed by atoms with Crippen LogP contribution in [0.2, 0.25) is 0 Å². The molecule has 2 heterocycles. The van der Waals surface area contributed by atoms with Crippen molar-refractivity contribution in [3.05, 3.63) is 62.9 Å². The van der Waals surface area contributed by atoms with E-state index in [0.29, 0.717) is 24.0 Å². The first-order valence-corrected chi connectivity index (χ1v) is 10.6. The van der Waals surface area contributed by atoms with Gasteiger partial charge in [0, 0.05) is 33.8 Å². The van der Waals surface area contributed by atoms with Crippen molar-refractivity contribution in [3.8, 4) is 0 Å². The second kappa shape index (κ2) is 8.10. The highest BCUT2D eigenvalue weighted by Gasteiger charge is 2.19. The first-order chi connectivity index (χ1) is 12.5. The molecule has 1 N–H and O–H groups in total. The van der Waals surface area contributed by atoms with Gasteiger partial charge in [-0.1, -0.05) is 19.1 Å². The minimum Gasteiger partial charge on any atom is -0.348 e. The monoisotopic (exact) mass is 386 g/mol. The molecule has 0 aliphatic heterocycles. The van der Waals surface area contributed by atoms with E-state index in [2.05, 4.69) is 5.32 Å². The van der Waals surface area contributed by atoms with Crippen molar-refractivity contribution in [2.24, 2.45) is 0 Å². The fraction of sp³-hybridized carbons (Fsp3) is 0.300. The molecule has 6 heteroatoms. The minimum atomic E-state index is -0.186. The lowest BCUT2D eigenvalue weighted by Crippen LogP contribution is -2.26. The van der Waals surface area contributed by atoms with Crippen LogP contribution in [0.15, 0.2) is 46.2 Å². The predicted molar refractivity (Wildman–Crippen MR) is 111 cm³/mol. The van der Waals surface area contributed by atoms with Crippen molar-refractivity contribution in [2.45, 2.75) is 38.3 Å². The third-order valence-corrected chi connectivity index (χ3v) is 6.11. The van der Waals surface area contributed by atoms with E-state index in [9.17, 15) is 9.59 Å². The van der Waals surface area contributed by atoms with Gasteiger partial charge in [0.15, 0.2) is 0 Å². The van der Waals surface area contributed by atoms with E-state index < -0.39 is 0 Å². The topological polar surface area (TPSA) is 51.1 Å². The number of fused-ring (bicyclic) bond motifs is 1. The van der Waals surface area contributed by atoms with Gasteiger partial charge in [-0.05, 0) is 43.4 Å². The summed E-state index contributed by atoms with van der Waals surface area (Å²) in [6, 6.07) is 10.0. The molecule has 0 fully saturated rings. The second-order valence-electron chi connectivity index (χ2n) is 6.12. The van der Waals surface area contributed by atoms with Crippen molar-refractivity contribution in [1.29, 1.82) is 0 Å². The van der Waals surface area contributed by atoms with Crippen LogP contribution in [0.4, 0.5) is 0 Å². The number of thiophene rings is 1. The highest BCUT2D eigenvalue weighted by Crippen LogP contribution is 2.28. The van der Waals surface area contributed by atoms with E-state index >= 15 is 0 Å². The fourth-order valence-electron chi connectivity index (χ4n) is 2.97. The van der Waals surface area contributed by atoms with Crippen molar-refractivity contribution < 1.29 is 4.79 Å². The molecule has 0 unspecified atom stereocenters. The summed E-state index contributed by atoms with van der Waals surface area (Å²) < 4.78 is 2.56. The number of nitrogens with zero attached hydrogens (tertiary/aromatic N) is 1. The third-order valence-electron chi connectivity index (χ3n) is 4.30. The van der Waals surface area contributed by atoms with Gasteiger partial charge in [0.05, 0.1) is 10.9 Å². The summed E-state index contributed by atoms with van der Waals surface area (Å²) in [5, 5.41) is 3.50. The smallest absolute Gasteiger partial charge is 0.260 e. The number of rotatable bonds is 6. The number of benzene rings is 1. The zero-order valence-corrected chi connectivity index (χ0v) is 16.8. The Balaban J connectivity index is 1.88. The van der Waals surface area contributed by atoms with E-state index in [4.69, 9.17) is 0 Å². The van der Waals surface area contributed by atoms with E-state index in [1.807, 2.05) is 56.6 Å². The van der Waals surface area contributed by atoms with Gasteiger partial charge < -0.3 is 9.88 Å². The van der Waals surface area contributed by atoms with Gasteiger partial charge in [-0.15, -0.1) is 23.1 Å². The zero-order chi connectivity index (χ0) is 18.7. The molecule has 26 heavy (non-hydrogen) atoms. The van der Waals surface area contributed by atoms with Crippen molar-refractivity contribution in [1.82, 2.24) is 9.88 Å². The lowest BCUT2D eigenvalue weighted by molar-refractivity contribution is 0.0952. The molecule has 0 bridgehead atoms. The Morgan fingerprint density at radius 2 is 1.96 bits per heavy atom. The molecule has 4 nitrogen and oxygen atoms in total. The van der Waals surface area contributed by atoms with Crippen LogP contribution < -0.4 is 10.9 Å².